The van der Waals surface area contributed by atoms with Crippen molar-refractivity contribution >= 4 is 39.5 Å². The van der Waals surface area contributed by atoms with Gasteiger partial charge in [-0.2, -0.15) is 0 Å². The van der Waals surface area contributed by atoms with Crippen LogP contribution >= 0.6 is 15.9 Å². The van der Waals surface area contributed by atoms with Crippen LogP contribution in [-0.2, 0) is 9.59 Å². The van der Waals surface area contributed by atoms with E-state index in [0.717, 1.165) is 10.9 Å². The number of nitrogens with one attached hydrogen (secondary N) is 3. The molecule has 4 N–H and O–H groups in total. The Kier molecular flexibility index (Phi) is 10.3. The van der Waals surface area contributed by atoms with E-state index in [4.69, 9.17) is 0 Å². The number of halogens is 1. The van der Waals surface area contributed by atoms with Crippen molar-refractivity contribution in [2.75, 3.05) is 5.32 Å². The van der Waals surface area contributed by atoms with Gasteiger partial charge in [0.05, 0.1) is 0 Å². The Bertz CT molecular complexity index is 714. The summed E-state index contributed by atoms with van der Waals surface area (Å²) < 4.78 is 0.886. The lowest BCUT2D eigenvalue weighted by Gasteiger charge is -2.24. The molecule has 8 heteroatoms. The molecule has 0 saturated heterocycles. The molecular formula is C22H34BrN3O4. The molecule has 0 aliphatic heterocycles. The second-order valence-corrected chi connectivity index (χ2v) is 10.1. The minimum atomic E-state index is -1.07. The fraction of sp³-hybridized carbons (Fsp3) is 0.591. The molecule has 2 atom stereocenters. The standard InChI is InChI=1S/C22H34BrN3O4/c1-14(2)13-18(26-21(30)24-16-10-8-15(23)9-11-16)19(27)25-17(20(28)29)7-6-12-22(3,4)5/h8-11,14,17-18H,6-7,12-13H2,1-5H3,(H,25,27)(H,28,29)(H2,24,26,30)/t17-,18-/m0/s1. The Labute approximate surface area is 187 Å². The maximum Gasteiger partial charge on any atom is 0.326 e. The number of rotatable bonds is 10. The molecule has 3 amide bonds. The molecule has 168 valence electrons. The third kappa shape index (κ3) is 10.6. The summed E-state index contributed by atoms with van der Waals surface area (Å²) in [7, 11) is 0. The largest absolute Gasteiger partial charge is 0.480 e. The van der Waals surface area contributed by atoms with Gasteiger partial charge in [-0.15, -0.1) is 0 Å². The number of amides is 3. The van der Waals surface area contributed by atoms with Gasteiger partial charge in [0.25, 0.3) is 0 Å². The zero-order valence-electron chi connectivity index (χ0n) is 18.4. The lowest BCUT2D eigenvalue weighted by Crippen LogP contribution is -2.52. The number of hydrogen-bond acceptors (Lipinski definition) is 3. The van der Waals surface area contributed by atoms with E-state index >= 15 is 0 Å². The second kappa shape index (κ2) is 11.9. The topological polar surface area (TPSA) is 108 Å². The first-order valence-electron chi connectivity index (χ1n) is 10.2. The summed E-state index contributed by atoms with van der Waals surface area (Å²) in [6.07, 6.45) is 2.29. The number of aliphatic carboxylic acids is 1. The monoisotopic (exact) mass is 483 g/mol. The van der Waals surface area contributed by atoms with Gasteiger partial charge in [0.2, 0.25) is 5.91 Å². The van der Waals surface area contributed by atoms with Crippen molar-refractivity contribution in [2.24, 2.45) is 11.3 Å². The maximum absolute atomic E-state index is 12.8. The molecular weight excluding hydrogens is 450 g/mol. The van der Waals surface area contributed by atoms with Crippen LogP contribution in [0.5, 0.6) is 0 Å². The van der Waals surface area contributed by atoms with Gasteiger partial charge in [-0.25, -0.2) is 9.59 Å². The van der Waals surface area contributed by atoms with Crippen molar-refractivity contribution in [3.63, 3.8) is 0 Å². The molecule has 0 unspecified atom stereocenters. The summed E-state index contributed by atoms with van der Waals surface area (Å²) in [4.78, 5) is 36.7. The van der Waals surface area contributed by atoms with Gasteiger partial charge >= 0.3 is 12.0 Å². The highest BCUT2D eigenvalue weighted by atomic mass is 79.9. The van der Waals surface area contributed by atoms with Crippen LogP contribution in [0.4, 0.5) is 10.5 Å². The molecule has 1 aromatic carbocycles. The SMILES string of the molecule is CC(C)C[C@H](NC(=O)Nc1ccc(Br)cc1)C(=O)N[C@@H](CCCC(C)(C)C)C(=O)O. The van der Waals surface area contributed by atoms with Gasteiger partial charge in [-0.05, 0) is 54.9 Å². The Hall–Kier alpha value is -2.09. The number of carbonyl (C=O) groups excluding carboxylic acids is 2. The minimum Gasteiger partial charge on any atom is -0.480 e. The van der Waals surface area contributed by atoms with E-state index in [2.05, 4.69) is 52.7 Å². The number of carboxylic acids is 1. The average Bonchev–Trinajstić information content (AvgIpc) is 2.60. The Morgan fingerprint density at radius 3 is 2.13 bits per heavy atom. The molecule has 0 radical (unpaired) electrons. The molecule has 0 bridgehead atoms. The molecule has 0 fully saturated rings. The van der Waals surface area contributed by atoms with Crippen molar-refractivity contribution in [1.82, 2.24) is 10.6 Å². The summed E-state index contributed by atoms with van der Waals surface area (Å²) >= 11 is 3.33. The van der Waals surface area contributed by atoms with Gasteiger partial charge in [0, 0.05) is 10.2 Å². The average molecular weight is 484 g/mol. The normalized spacial score (nSPS) is 13.4. The molecule has 0 heterocycles. The van der Waals surface area contributed by atoms with Crippen molar-refractivity contribution in [1.29, 1.82) is 0 Å². The van der Waals surface area contributed by atoms with Crippen LogP contribution < -0.4 is 16.0 Å². The quantitative estimate of drug-likeness (QED) is 0.384. The van der Waals surface area contributed by atoms with E-state index in [-0.39, 0.29) is 11.3 Å². The van der Waals surface area contributed by atoms with Crippen LogP contribution in [0.15, 0.2) is 28.7 Å². The van der Waals surface area contributed by atoms with Crippen LogP contribution in [0.1, 0.15) is 60.3 Å². The van der Waals surface area contributed by atoms with E-state index in [9.17, 15) is 19.5 Å². The zero-order valence-corrected chi connectivity index (χ0v) is 20.0. The maximum atomic E-state index is 12.8. The van der Waals surface area contributed by atoms with Crippen LogP contribution in [-0.4, -0.2) is 35.1 Å². The first-order chi connectivity index (χ1) is 13.9. The van der Waals surface area contributed by atoms with Crippen molar-refractivity contribution in [2.45, 2.75) is 72.4 Å². The summed E-state index contributed by atoms with van der Waals surface area (Å²) in [5.41, 5.74) is 0.685. The second-order valence-electron chi connectivity index (χ2n) is 9.14. The van der Waals surface area contributed by atoms with Crippen molar-refractivity contribution < 1.29 is 19.5 Å². The number of hydrogen-bond donors (Lipinski definition) is 4. The van der Waals surface area contributed by atoms with E-state index in [1.165, 1.54) is 0 Å². The zero-order chi connectivity index (χ0) is 22.9. The number of benzene rings is 1. The molecule has 0 aromatic heterocycles. The summed E-state index contributed by atoms with van der Waals surface area (Å²) in [5, 5.41) is 17.5. The number of carboxylic acid groups (broad SMARTS) is 1. The van der Waals surface area contributed by atoms with Gasteiger partial charge in [0.1, 0.15) is 12.1 Å². The summed E-state index contributed by atoms with van der Waals surface area (Å²) in [6.45, 7) is 10.1. The van der Waals surface area contributed by atoms with E-state index in [1.54, 1.807) is 24.3 Å². The van der Waals surface area contributed by atoms with Gasteiger partial charge in [-0.1, -0.05) is 57.0 Å². The van der Waals surface area contributed by atoms with Gasteiger partial charge in [0.15, 0.2) is 0 Å². The first kappa shape index (κ1) is 25.9. The minimum absolute atomic E-state index is 0.0971. The molecule has 0 aliphatic carbocycles. The predicted molar refractivity (Wildman–Crippen MR) is 122 cm³/mol. The van der Waals surface area contributed by atoms with E-state index in [1.807, 2.05) is 13.8 Å². The van der Waals surface area contributed by atoms with Gasteiger partial charge < -0.3 is 21.1 Å². The van der Waals surface area contributed by atoms with Crippen molar-refractivity contribution in [3.05, 3.63) is 28.7 Å². The molecule has 1 aromatic rings. The molecule has 30 heavy (non-hydrogen) atoms. The Morgan fingerprint density at radius 1 is 1.03 bits per heavy atom. The highest BCUT2D eigenvalue weighted by molar-refractivity contribution is 9.10. The first-order valence-corrected chi connectivity index (χ1v) is 11.0. The summed E-state index contributed by atoms with van der Waals surface area (Å²) in [5.74, 6) is -1.42. The van der Waals surface area contributed by atoms with Crippen LogP contribution in [0.2, 0.25) is 0 Å². The van der Waals surface area contributed by atoms with Crippen LogP contribution in [0, 0.1) is 11.3 Å². The fourth-order valence-corrected chi connectivity index (χ4v) is 3.19. The van der Waals surface area contributed by atoms with Crippen molar-refractivity contribution in [3.8, 4) is 0 Å². The fourth-order valence-electron chi connectivity index (χ4n) is 2.93. The molecule has 7 nitrogen and oxygen atoms in total. The Balaban J connectivity index is 2.74. The van der Waals surface area contributed by atoms with E-state index < -0.39 is 30.0 Å². The molecule has 1 rings (SSSR count). The Morgan fingerprint density at radius 2 is 1.63 bits per heavy atom. The highest BCUT2D eigenvalue weighted by Gasteiger charge is 2.27. The summed E-state index contributed by atoms with van der Waals surface area (Å²) in [6, 6.07) is 4.73. The lowest BCUT2D eigenvalue weighted by atomic mass is 9.89. The van der Waals surface area contributed by atoms with Crippen LogP contribution in [0.3, 0.4) is 0 Å². The van der Waals surface area contributed by atoms with E-state index in [0.29, 0.717) is 24.9 Å². The molecule has 0 spiro atoms. The van der Waals surface area contributed by atoms with Gasteiger partial charge in [-0.3, -0.25) is 4.79 Å². The molecule has 0 saturated carbocycles. The third-order valence-electron chi connectivity index (χ3n) is 4.47. The smallest absolute Gasteiger partial charge is 0.326 e. The predicted octanol–water partition coefficient (Wildman–Crippen LogP) is 4.77. The van der Waals surface area contributed by atoms with Crippen LogP contribution in [0.25, 0.3) is 0 Å². The lowest BCUT2D eigenvalue weighted by molar-refractivity contribution is -0.142. The third-order valence-corrected chi connectivity index (χ3v) is 4.99. The number of urea groups is 1. The highest BCUT2D eigenvalue weighted by Crippen LogP contribution is 2.22. The number of carbonyl (C=O) groups is 3. The molecule has 0 aliphatic rings. The number of anilines is 1.